The Kier molecular flexibility index (Phi) is 5.75. The van der Waals surface area contributed by atoms with Crippen molar-refractivity contribution in [3.63, 3.8) is 0 Å². The van der Waals surface area contributed by atoms with Gasteiger partial charge in [-0.05, 0) is 38.9 Å². The van der Waals surface area contributed by atoms with Crippen LogP contribution in [0.25, 0.3) is 0 Å². The quantitative estimate of drug-likeness (QED) is 0.645. The Morgan fingerprint density at radius 3 is 2.69 bits per heavy atom. The lowest BCUT2D eigenvalue weighted by molar-refractivity contribution is -0.136. The summed E-state index contributed by atoms with van der Waals surface area (Å²) in [5, 5.41) is 2.92. The number of piperidine rings is 1. The molecule has 2 fully saturated rings. The van der Waals surface area contributed by atoms with Gasteiger partial charge in [0.1, 0.15) is 0 Å². The molecule has 0 radical (unpaired) electrons. The molecule has 144 valence electrons. The Labute approximate surface area is 154 Å². The second-order valence-electron chi connectivity index (χ2n) is 7.19. The number of hydrogen-bond acceptors (Lipinski definition) is 6. The molecule has 3 rings (SSSR count). The molecule has 0 aliphatic carbocycles. The molecule has 0 spiro atoms. The molecule has 4 amide bonds. The molecule has 3 aliphatic heterocycles. The van der Waals surface area contributed by atoms with Crippen molar-refractivity contribution in [2.45, 2.75) is 37.9 Å². The van der Waals surface area contributed by atoms with Gasteiger partial charge >= 0.3 is 6.03 Å². The van der Waals surface area contributed by atoms with Crippen LogP contribution in [-0.4, -0.2) is 103 Å². The first-order chi connectivity index (χ1) is 12.5. The standard InChI is InChI=1S/C17H28N6O3/c1-20-15-14(16(25)21(2)17(20)26)23(12-19-15)11-13(24)18-7-6-10-22-8-4-3-5-9-22/h12,14-15H,3-11H2,1-2H3,(H,18,24). The summed E-state index contributed by atoms with van der Waals surface area (Å²) in [5.41, 5.74) is 0. The number of aliphatic imine (C=N–C) groups is 1. The first kappa shape index (κ1) is 18.6. The van der Waals surface area contributed by atoms with Crippen LogP contribution in [0.2, 0.25) is 0 Å². The number of urea groups is 1. The Bertz CT molecular complexity index is 589. The minimum atomic E-state index is -0.623. The largest absolute Gasteiger partial charge is 0.355 e. The van der Waals surface area contributed by atoms with Gasteiger partial charge in [0, 0.05) is 20.6 Å². The topological polar surface area (TPSA) is 88.6 Å². The van der Waals surface area contributed by atoms with Gasteiger partial charge in [-0.3, -0.25) is 14.5 Å². The van der Waals surface area contributed by atoms with Crippen LogP contribution in [0.1, 0.15) is 25.7 Å². The van der Waals surface area contributed by atoms with Crippen molar-refractivity contribution in [3.8, 4) is 0 Å². The highest BCUT2D eigenvalue weighted by Gasteiger charge is 2.48. The van der Waals surface area contributed by atoms with Crippen molar-refractivity contribution in [2.75, 3.05) is 46.8 Å². The predicted molar refractivity (Wildman–Crippen MR) is 96.6 cm³/mol. The fraction of sp³-hybridized carbons (Fsp3) is 0.765. The molecule has 2 atom stereocenters. The van der Waals surface area contributed by atoms with E-state index in [4.69, 9.17) is 0 Å². The molecular formula is C17H28N6O3. The first-order valence-electron chi connectivity index (χ1n) is 9.31. The molecule has 1 N–H and O–H groups in total. The number of nitrogens with zero attached hydrogens (tertiary/aromatic N) is 5. The zero-order valence-electron chi connectivity index (χ0n) is 15.6. The molecule has 0 aromatic carbocycles. The highest BCUT2D eigenvalue weighted by molar-refractivity contribution is 6.02. The van der Waals surface area contributed by atoms with Gasteiger partial charge in [-0.1, -0.05) is 6.42 Å². The SMILES string of the molecule is CN1C(=O)C2C(N=CN2CC(=O)NCCCN2CCCCC2)N(C)C1=O. The van der Waals surface area contributed by atoms with Crippen molar-refractivity contribution < 1.29 is 14.4 Å². The summed E-state index contributed by atoms with van der Waals surface area (Å²) < 4.78 is 0. The minimum Gasteiger partial charge on any atom is -0.355 e. The van der Waals surface area contributed by atoms with Crippen LogP contribution in [0.5, 0.6) is 0 Å². The highest BCUT2D eigenvalue weighted by Crippen LogP contribution is 2.24. The average Bonchev–Trinajstić information content (AvgIpc) is 3.06. The van der Waals surface area contributed by atoms with Crippen molar-refractivity contribution in [1.82, 2.24) is 24.9 Å². The van der Waals surface area contributed by atoms with Gasteiger partial charge in [-0.15, -0.1) is 0 Å². The second kappa shape index (κ2) is 8.03. The summed E-state index contributed by atoms with van der Waals surface area (Å²) in [6.07, 6.45) is 5.72. The summed E-state index contributed by atoms with van der Waals surface area (Å²) in [6.45, 7) is 4.01. The summed E-state index contributed by atoms with van der Waals surface area (Å²) in [4.78, 5) is 47.4. The van der Waals surface area contributed by atoms with Crippen molar-refractivity contribution in [2.24, 2.45) is 4.99 Å². The molecule has 0 bridgehead atoms. The Morgan fingerprint density at radius 1 is 1.23 bits per heavy atom. The Hall–Kier alpha value is -2.16. The third-order valence-corrected chi connectivity index (χ3v) is 5.32. The molecule has 0 aromatic rings. The smallest absolute Gasteiger partial charge is 0.328 e. The monoisotopic (exact) mass is 364 g/mol. The van der Waals surface area contributed by atoms with E-state index in [0.717, 1.165) is 31.0 Å². The lowest BCUT2D eigenvalue weighted by atomic mass is 10.1. The molecule has 9 nitrogen and oxygen atoms in total. The normalized spacial score (nSPS) is 26.5. The number of carbonyl (C=O) groups is 3. The third-order valence-electron chi connectivity index (χ3n) is 5.32. The second-order valence-corrected chi connectivity index (χ2v) is 7.19. The van der Waals surface area contributed by atoms with Crippen LogP contribution in [0.15, 0.2) is 4.99 Å². The van der Waals surface area contributed by atoms with Crippen LogP contribution in [-0.2, 0) is 9.59 Å². The van der Waals surface area contributed by atoms with Gasteiger partial charge in [0.15, 0.2) is 12.2 Å². The van der Waals surface area contributed by atoms with E-state index in [9.17, 15) is 14.4 Å². The molecule has 3 heterocycles. The van der Waals surface area contributed by atoms with Crippen LogP contribution in [0, 0.1) is 0 Å². The van der Waals surface area contributed by atoms with Crippen LogP contribution < -0.4 is 5.32 Å². The van der Waals surface area contributed by atoms with E-state index < -0.39 is 12.2 Å². The zero-order chi connectivity index (χ0) is 18.7. The van der Waals surface area contributed by atoms with E-state index in [1.54, 1.807) is 11.9 Å². The molecule has 0 saturated carbocycles. The molecular weight excluding hydrogens is 336 g/mol. The number of fused-ring (bicyclic) bond motifs is 1. The number of amides is 4. The number of carbonyl (C=O) groups excluding carboxylic acids is 3. The summed E-state index contributed by atoms with van der Waals surface area (Å²) in [7, 11) is 3.07. The van der Waals surface area contributed by atoms with E-state index in [2.05, 4.69) is 15.2 Å². The molecule has 2 saturated heterocycles. The van der Waals surface area contributed by atoms with Crippen LogP contribution >= 0.6 is 0 Å². The number of nitrogens with one attached hydrogen (secondary N) is 1. The highest BCUT2D eigenvalue weighted by atomic mass is 16.2. The van der Waals surface area contributed by atoms with Gasteiger partial charge < -0.3 is 20.0 Å². The molecule has 3 aliphatic rings. The lowest BCUT2D eigenvalue weighted by Crippen LogP contribution is -2.64. The number of imide groups is 1. The maximum atomic E-state index is 12.4. The third kappa shape index (κ3) is 3.82. The predicted octanol–water partition coefficient (Wildman–Crippen LogP) is -0.459. The Balaban J connectivity index is 1.43. The van der Waals surface area contributed by atoms with E-state index in [1.807, 2.05) is 0 Å². The fourth-order valence-corrected chi connectivity index (χ4v) is 3.78. The molecule has 0 aromatic heterocycles. The van der Waals surface area contributed by atoms with E-state index >= 15 is 0 Å². The van der Waals surface area contributed by atoms with E-state index in [0.29, 0.717) is 6.54 Å². The summed E-state index contributed by atoms with van der Waals surface area (Å²) >= 11 is 0. The number of rotatable bonds is 6. The fourth-order valence-electron chi connectivity index (χ4n) is 3.78. The summed E-state index contributed by atoms with van der Waals surface area (Å²) in [6, 6.07) is -1.00. The van der Waals surface area contributed by atoms with Crippen LogP contribution in [0.4, 0.5) is 4.79 Å². The maximum absolute atomic E-state index is 12.4. The number of likely N-dealkylation sites (N-methyl/N-ethyl adjacent to an activating group) is 2. The van der Waals surface area contributed by atoms with Crippen molar-refractivity contribution in [3.05, 3.63) is 0 Å². The van der Waals surface area contributed by atoms with Gasteiger partial charge in [0.2, 0.25) is 5.91 Å². The van der Waals surface area contributed by atoms with E-state index in [1.165, 1.54) is 37.5 Å². The number of likely N-dealkylation sites (tertiary alicyclic amines) is 1. The van der Waals surface area contributed by atoms with Gasteiger partial charge in [-0.25, -0.2) is 9.79 Å². The molecule has 9 heteroatoms. The van der Waals surface area contributed by atoms with Gasteiger partial charge in [-0.2, -0.15) is 0 Å². The van der Waals surface area contributed by atoms with Crippen LogP contribution in [0.3, 0.4) is 0 Å². The summed E-state index contributed by atoms with van der Waals surface area (Å²) in [5.74, 6) is -0.459. The van der Waals surface area contributed by atoms with Crippen molar-refractivity contribution in [1.29, 1.82) is 0 Å². The van der Waals surface area contributed by atoms with E-state index in [-0.39, 0.29) is 24.4 Å². The number of hydrogen-bond donors (Lipinski definition) is 1. The average molecular weight is 364 g/mol. The Morgan fingerprint density at radius 2 is 1.96 bits per heavy atom. The zero-order valence-corrected chi connectivity index (χ0v) is 15.6. The lowest BCUT2D eigenvalue weighted by Gasteiger charge is -2.39. The minimum absolute atomic E-state index is 0.0655. The van der Waals surface area contributed by atoms with Crippen molar-refractivity contribution >= 4 is 24.2 Å². The molecule has 2 unspecified atom stereocenters. The van der Waals surface area contributed by atoms with Gasteiger partial charge in [0.25, 0.3) is 5.91 Å². The molecule has 26 heavy (non-hydrogen) atoms. The van der Waals surface area contributed by atoms with Gasteiger partial charge in [0.05, 0.1) is 12.9 Å². The maximum Gasteiger partial charge on any atom is 0.328 e. The first-order valence-corrected chi connectivity index (χ1v) is 9.31.